The number of hydrogen-bond donors (Lipinski definition) is 0. The number of carbonyl (C=O) groups excluding carboxylic acids is 1. The molecular formula is C14H15N3O2. The van der Waals surface area contributed by atoms with E-state index in [2.05, 4.69) is 14.5 Å². The number of carbonyl (C=O) groups is 1. The lowest BCUT2D eigenvalue weighted by Crippen LogP contribution is -2.27. The van der Waals surface area contributed by atoms with E-state index < -0.39 is 0 Å². The number of pyridine rings is 1. The van der Waals surface area contributed by atoms with Crippen LogP contribution in [0.15, 0.2) is 30.6 Å². The van der Waals surface area contributed by atoms with Gasteiger partial charge in [-0.25, -0.2) is 4.98 Å². The molecule has 0 amide bonds. The van der Waals surface area contributed by atoms with Crippen LogP contribution in [-0.2, 0) is 22.5 Å². The molecule has 0 radical (unpaired) electrons. The van der Waals surface area contributed by atoms with Gasteiger partial charge in [-0.1, -0.05) is 6.07 Å². The van der Waals surface area contributed by atoms with Gasteiger partial charge in [0, 0.05) is 24.6 Å². The van der Waals surface area contributed by atoms with Crippen LogP contribution in [0.1, 0.15) is 12.1 Å². The minimum Gasteiger partial charge on any atom is -0.469 e. The monoisotopic (exact) mass is 257 g/mol. The van der Waals surface area contributed by atoms with Crippen LogP contribution in [0.25, 0.3) is 11.5 Å². The van der Waals surface area contributed by atoms with E-state index in [1.165, 1.54) is 7.11 Å². The molecule has 0 N–H and O–H groups in total. The smallest absolute Gasteiger partial charge is 0.310 e. The van der Waals surface area contributed by atoms with Crippen molar-refractivity contribution >= 4 is 5.97 Å². The van der Waals surface area contributed by atoms with Crippen molar-refractivity contribution in [1.29, 1.82) is 0 Å². The van der Waals surface area contributed by atoms with Crippen LogP contribution < -0.4 is 0 Å². The third kappa shape index (κ3) is 2.12. The zero-order chi connectivity index (χ0) is 13.2. The fourth-order valence-corrected chi connectivity index (χ4v) is 2.51. The standard InChI is InChI=1S/C14H15N3O2/c1-19-14(18)10-5-6-11-8-16-13(17(11)9-10)12-4-2-3-7-15-12/h2-4,7-8,10H,5-6,9H2,1H3. The summed E-state index contributed by atoms with van der Waals surface area (Å²) in [6, 6.07) is 5.74. The molecule has 1 aliphatic rings. The van der Waals surface area contributed by atoms with Gasteiger partial charge < -0.3 is 9.30 Å². The molecule has 0 fully saturated rings. The molecule has 19 heavy (non-hydrogen) atoms. The van der Waals surface area contributed by atoms with Gasteiger partial charge in [0.2, 0.25) is 0 Å². The molecule has 3 rings (SSSR count). The van der Waals surface area contributed by atoms with Crippen LogP contribution >= 0.6 is 0 Å². The van der Waals surface area contributed by atoms with E-state index >= 15 is 0 Å². The Morgan fingerprint density at radius 1 is 1.42 bits per heavy atom. The van der Waals surface area contributed by atoms with Crippen LogP contribution in [0.5, 0.6) is 0 Å². The molecule has 0 saturated carbocycles. The van der Waals surface area contributed by atoms with Crippen molar-refractivity contribution in [1.82, 2.24) is 14.5 Å². The first-order valence-electron chi connectivity index (χ1n) is 6.33. The molecule has 1 atom stereocenters. The Hall–Kier alpha value is -2.17. The predicted molar refractivity (Wildman–Crippen MR) is 69.3 cm³/mol. The number of methoxy groups -OCH3 is 1. The Balaban J connectivity index is 1.95. The van der Waals surface area contributed by atoms with Gasteiger partial charge >= 0.3 is 5.97 Å². The van der Waals surface area contributed by atoms with Gasteiger partial charge in [0.15, 0.2) is 5.82 Å². The van der Waals surface area contributed by atoms with Crippen molar-refractivity contribution in [2.24, 2.45) is 5.92 Å². The van der Waals surface area contributed by atoms with Crippen molar-refractivity contribution in [3.8, 4) is 11.5 Å². The zero-order valence-electron chi connectivity index (χ0n) is 10.7. The molecule has 0 saturated heterocycles. The maximum atomic E-state index is 11.7. The Bertz CT molecular complexity index is 592. The summed E-state index contributed by atoms with van der Waals surface area (Å²) < 4.78 is 6.92. The SMILES string of the molecule is COC(=O)C1CCc2cnc(-c3ccccn3)n2C1. The van der Waals surface area contributed by atoms with E-state index in [-0.39, 0.29) is 11.9 Å². The molecule has 98 valence electrons. The topological polar surface area (TPSA) is 57.0 Å². The molecule has 5 nitrogen and oxygen atoms in total. The van der Waals surface area contributed by atoms with E-state index in [0.29, 0.717) is 6.54 Å². The van der Waals surface area contributed by atoms with Crippen LogP contribution in [0.3, 0.4) is 0 Å². The second kappa shape index (κ2) is 4.84. The predicted octanol–water partition coefficient (Wildman–Crippen LogP) is 1.68. The highest BCUT2D eigenvalue weighted by Gasteiger charge is 2.27. The number of fused-ring (bicyclic) bond motifs is 1. The van der Waals surface area contributed by atoms with Gasteiger partial charge in [-0.15, -0.1) is 0 Å². The number of nitrogens with zero attached hydrogens (tertiary/aromatic N) is 3. The maximum Gasteiger partial charge on any atom is 0.310 e. The minimum absolute atomic E-state index is 0.0887. The summed E-state index contributed by atoms with van der Waals surface area (Å²) in [4.78, 5) is 20.4. The fourth-order valence-electron chi connectivity index (χ4n) is 2.51. The average molecular weight is 257 g/mol. The molecule has 1 aliphatic heterocycles. The van der Waals surface area contributed by atoms with Crippen molar-refractivity contribution in [3.63, 3.8) is 0 Å². The number of aromatic nitrogens is 3. The number of rotatable bonds is 2. The lowest BCUT2D eigenvalue weighted by atomic mass is 9.98. The quantitative estimate of drug-likeness (QED) is 0.768. The van der Waals surface area contributed by atoms with Gasteiger partial charge in [0.1, 0.15) is 5.69 Å². The summed E-state index contributed by atoms with van der Waals surface area (Å²) in [5.41, 5.74) is 1.99. The summed E-state index contributed by atoms with van der Waals surface area (Å²) >= 11 is 0. The van der Waals surface area contributed by atoms with Crippen molar-refractivity contribution < 1.29 is 9.53 Å². The molecule has 2 aromatic rings. The summed E-state index contributed by atoms with van der Waals surface area (Å²) in [7, 11) is 1.44. The molecule has 0 aromatic carbocycles. The number of hydrogen-bond acceptors (Lipinski definition) is 4. The van der Waals surface area contributed by atoms with Gasteiger partial charge in [0.05, 0.1) is 13.0 Å². The lowest BCUT2D eigenvalue weighted by Gasteiger charge is -2.23. The van der Waals surface area contributed by atoms with Gasteiger partial charge in [-0.2, -0.15) is 0 Å². The summed E-state index contributed by atoms with van der Waals surface area (Å²) in [5.74, 6) is 0.588. The first kappa shape index (κ1) is 11.9. The third-order valence-corrected chi connectivity index (χ3v) is 3.52. The number of aryl methyl sites for hydroxylation is 1. The molecule has 2 aromatic heterocycles. The average Bonchev–Trinajstić information content (AvgIpc) is 2.90. The molecule has 3 heterocycles. The summed E-state index contributed by atoms with van der Waals surface area (Å²) in [6.07, 6.45) is 5.29. The number of esters is 1. The van der Waals surface area contributed by atoms with Crippen LogP contribution in [0.4, 0.5) is 0 Å². The molecule has 0 spiro atoms. The Morgan fingerprint density at radius 3 is 3.05 bits per heavy atom. The fraction of sp³-hybridized carbons (Fsp3) is 0.357. The molecule has 1 unspecified atom stereocenters. The highest BCUT2D eigenvalue weighted by molar-refractivity contribution is 5.72. The van der Waals surface area contributed by atoms with E-state index in [9.17, 15) is 4.79 Å². The Labute approximate surface area is 111 Å². The minimum atomic E-state index is -0.147. The maximum absolute atomic E-state index is 11.7. The largest absolute Gasteiger partial charge is 0.469 e. The molecule has 0 bridgehead atoms. The normalized spacial score (nSPS) is 17.8. The van der Waals surface area contributed by atoms with Gasteiger partial charge in [-0.05, 0) is 25.0 Å². The van der Waals surface area contributed by atoms with E-state index in [1.54, 1.807) is 6.20 Å². The van der Waals surface area contributed by atoms with Crippen molar-refractivity contribution in [2.75, 3.05) is 7.11 Å². The summed E-state index contributed by atoms with van der Waals surface area (Å²) in [6.45, 7) is 0.619. The highest BCUT2D eigenvalue weighted by atomic mass is 16.5. The van der Waals surface area contributed by atoms with Crippen LogP contribution in [-0.4, -0.2) is 27.6 Å². The molecular weight excluding hydrogens is 242 g/mol. The Kier molecular flexibility index (Phi) is 3.03. The molecule has 0 aliphatic carbocycles. The van der Waals surface area contributed by atoms with E-state index in [4.69, 9.17) is 4.74 Å². The van der Waals surface area contributed by atoms with Gasteiger partial charge in [-0.3, -0.25) is 9.78 Å². The first-order chi connectivity index (χ1) is 9.29. The van der Waals surface area contributed by atoms with Crippen LogP contribution in [0.2, 0.25) is 0 Å². The van der Waals surface area contributed by atoms with Crippen molar-refractivity contribution in [3.05, 3.63) is 36.3 Å². The second-order valence-corrected chi connectivity index (χ2v) is 4.66. The van der Waals surface area contributed by atoms with Gasteiger partial charge in [0.25, 0.3) is 0 Å². The zero-order valence-corrected chi connectivity index (χ0v) is 10.7. The van der Waals surface area contributed by atoms with Crippen molar-refractivity contribution in [2.45, 2.75) is 19.4 Å². The highest BCUT2D eigenvalue weighted by Crippen LogP contribution is 2.26. The van der Waals surface area contributed by atoms with E-state index in [1.807, 2.05) is 24.4 Å². The van der Waals surface area contributed by atoms with Crippen LogP contribution in [0, 0.1) is 5.92 Å². The van der Waals surface area contributed by atoms with E-state index in [0.717, 1.165) is 30.1 Å². The molecule has 5 heteroatoms. The second-order valence-electron chi connectivity index (χ2n) is 4.66. The number of imidazole rings is 1. The Morgan fingerprint density at radius 2 is 2.32 bits per heavy atom. The first-order valence-corrected chi connectivity index (χ1v) is 6.33. The lowest BCUT2D eigenvalue weighted by molar-refractivity contribution is -0.146. The number of ether oxygens (including phenoxy) is 1. The third-order valence-electron chi connectivity index (χ3n) is 3.52. The summed E-state index contributed by atoms with van der Waals surface area (Å²) in [5, 5.41) is 0.